The van der Waals surface area contributed by atoms with E-state index in [-0.39, 0.29) is 5.17 Å². The van der Waals surface area contributed by atoms with Gasteiger partial charge < -0.3 is 4.52 Å². The van der Waals surface area contributed by atoms with E-state index in [1.807, 2.05) is 6.92 Å². The Morgan fingerprint density at radius 3 is 3.06 bits per heavy atom. The molecule has 0 saturated heterocycles. The third-order valence-corrected chi connectivity index (χ3v) is 5.03. The zero-order valence-electron chi connectivity index (χ0n) is 9.20. The van der Waals surface area contributed by atoms with Gasteiger partial charge in [0.25, 0.3) is 5.17 Å². The molecule has 0 aromatic carbocycles. The van der Waals surface area contributed by atoms with Crippen molar-refractivity contribution in [2.45, 2.75) is 13.3 Å². The molecule has 0 fully saturated rings. The van der Waals surface area contributed by atoms with Crippen LogP contribution < -0.4 is 10.8 Å². The molecule has 0 aliphatic carbocycles. The van der Waals surface area contributed by atoms with E-state index in [0.717, 1.165) is 17.8 Å². The highest BCUT2D eigenvalue weighted by Crippen LogP contribution is 2.52. The first-order valence-electron chi connectivity index (χ1n) is 4.83. The Balaban J connectivity index is 2.47. The minimum atomic E-state index is -3.24. The predicted molar refractivity (Wildman–Crippen MR) is 73.9 cm³/mol. The fourth-order valence-electron chi connectivity index (χ4n) is 0.851. The van der Waals surface area contributed by atoms with Gasteiger partial charge in [-0.05, 0) is 30.0 Å². The van der Waals surface area contributed by atoms with Gasteiger partial charge in [-0.25, -0.2) is 15.1 Å². The lowest BCUT2D eigenvalue weighted by molar-refractivity contribution is 0.502. The van der Waals surface area contributed by atoms with E-state index in [1.54, 1.807) is 0 Å². The number of anilines is 1. The molecule has 1 heterocycles. The molecular formula is C8H13N4O2PS2. The van der Waals surface area contributed by atoms with Gasteiger partial charge in [0.15, 0.2) is 5.82 Å². The third-order valence-electron chi connectivity index (χ3n) is 1.48. The maximum Gasteiger partial charge on any atom is 0.373 e. The number of thiocarbonyl (C=S) groups is 1. The lowest BCUT2D eigenvalue weighted by Gasteiger charge is -2.14. The summed E-state index contributed by atoms with van der Waals surface area (Å²) < 4.78 is 16.7. The lowest BCUT2D eigenvalue weighted by atomic mass is 10.6. The van der Waals surface area contributed by atoms with E-state index in [0.29, 0.717) is 11.6 Å². The molecule has 0 aliphatic rings. The Morgan fingerprint density at radius 1 is 1.71 bits per heavy atom. The number of aromatic nitrogens is 2. The molecule has 0 spiro atoms. The van der Waals surface area contributed by atoms with E-state index in [4.69, 9.17) is 22.2 Å². The van der Waals surface area contributed by atoms with Crippen LogP contribution >= 0.6 is 30.3 Å². The molecule has 1 unspecified atom stereocenters. The molecule has 1 rings (SSSR count). The lowest BCUT2D eigenvalue weighted by Crippen LogP contribution is -2.14. The van der Waals surface area contributed by atoms with Crippen LogP contribution in [0, 0.1) is 0 Å². The SMILES string of the molecule is CCCSP(N)(=O)OC(=S)Nc1cnccn1. The van der Waals surface area contributed by atoms with Crippen molar-refractivity contribution in [2.75, 3.05) is 11.1 Å². The Kier molecular flexibility index (Phi) is 5.84. The van der Waals surface area contributed by atoms with E-state index >= 15 is 0 Å². The van der Waals surface area contributed by atoms with Crippen LogP contribution in [0.1, 0.15) is 13.3 Å². The second kappa shape index (κ2) is 6.90. The van der Waals surface area contributed by atoms with Gasteiger partial charge in [0, 0.05) is 18.1 Å². The van der Waals surface area contributed by atoms with E-state index in [9.17, 15) is 4.57 Å². The zero-order chi connectivity index (χ0) is 12.7. The maximum absolute atomic E-state index is 11.7. The van der Waals surface area contributed by atoms with Crippen LogP contribution in [0.15, 0.2) is 18.6 Å². The molecule has 6 nitrogen and oxygen atoms in total. The minimum absolute atomic E-state index is 0.0695. The van der Waals surface area contributed by atoms with Gasteiger partial charge in [0.1, 0.15) is 0 Å². The Hall–Kier alpha value is -0.690. The number of nitrogens with one attached hydrogen (secondary N) is 1. The van der Waals surface area contributed by atoms with Crippen LogP contribution in [0.4, 0.5) is 5.82 Å². The summed E-state index contributed by atoms with van der Waals surface area (Å²) in [7, 11) is 0. The van der Waals surface area contributed by atoms with Gasteiger partial charge in [-0.3, -0.25) is 10.3 Å². The van der Waals surface area contributed by atoms with Crippen LogP contribution in [0.5, 0.6) is 0 Å². The average Bonchev–Trinajstić information content (AvgIpc) is 2.27. The summed E-state index contributed by atoms with van der Waals surface area (Å²) in [5.74, 6) is 1.07. The molecule has 17 heavy (non-hydrogen) atoms. The number of nitrogens with zero attached hydrogens (tertiary/aromatic N) is 2. The van der Waals surface area contributed by atoms with Gasteiger partial charge >= 0.3 is 6.72 Å². The molecule has 9 heteroatoms. The number of nitrogens with two attached hydrogens (primary N) is 1. The molecule has 0 bridgehead atoms. The number of hydrogen-bond acceptors (Lipinski definition) is 6. The molecule has 3 N–H and O–H groups in total. The van der Waals surface area contributed by atoms with Crippen molar-refractivity contribution in [3.63, 3.8) is 0 Å². The van der Waals surface area contributed by atoms with Gasteiger partial charge in [-0.1, -0.05) is 6.92 Å². The number of rotatable bonds is 5. The summed E-state index contributed by atoms with van der Waals surface area (Å²) in [4.78, 5) is 7.77. The highest BCUT2D eigenvalue weighted by Gasteiger charge is 2.20. The van der Waals surface area contributed by atoms with Crippen molar-refractivity contribution in [3.8, 4) is 0 Å². The van der Waals surface area contributed by atoms with Crippen molar-refractivity contribution >= 4 is 41.3 Å². The first-order valence-corrected chi connectivity index (χ1v) is 8.52. The number of hydrogen-bond donors (Lipinski definition) is 2. The van der Waals surface area contributed by atoms with Crippen molar-refractivity contribution in [1.29, 1.82) is 0 Å². The molecule has 0 radical (unpaired) electrons. The average molecular weight is 292 g/mol. The Morgan fingerprint density at radius 2 is 2.47 bits per heavy atom. The molecule has 94 valence electrons. The topological polar surface area (TPSA) is 90.1 Å². The van der Waals surface area contributed by atoms with Gasteiger partial charge in [0.2, 0.25) is 0 Å². The summed E-state index contributed by atoms with van der Waals surface area (Å²) in [6, 6.07) is 0. The fourth-order valence-corrected chi connectivity index (χ4v) is 3.89. The van der Waals surface area contributed by atoms with E-state index < -0.39 is 6.72 Å². The Bertz CT molecular complexity index is 417. The van der Waals surface area contributed by atoms with Gasteiger partial charge in [0.05, 0.1) is 6.20 Å². The second-order valence-electron chi connectivity index (χ2n) is 2.97. The third kappa shape index (κ3) is 5.97. The van der Waals surface area contributed by atoms with Crippen molar-refractivity contribution < 1.29 is 9.09 Å². The molecular weight excluding hydrogens is 279 g/mol. The molecule has 1 atom stereocenters. The van der Waals surface area contributed by atoms with Crippen LogP contribution in [0.25, 0.3) is 0 Å². The molecule has 0 amide bonds. The molecule has 1 aromatic heterocycles. The highest BCUT2D eigenvalue weighted by molar-refractivity contribution is 8.56. The molecule has 0 aliphatic heterocycles. The second-order valence-corrected chi connectivity index (χ2v) is 7.57. The van der Waals surface area contributed by atoms with E-state index in [2.05, 4.69) is 15.3 Å². The summed E-state index contributed by atoms with van der Waals surface area (Å²) in [5, 5.41) is 2.57. The normalized spacial score (nSPS) is 13.8. The summed E-state index contributed by atoms with van der Waals surface area (Å²) in [6.07, 6.45) is 5.36. The van der Waals surface area contributed by atoms with Gasteiger partial charge in [-0.2, -0.15) is 0 Å². The van der Waals surface area contributed by atoms with Gasteiger partial charge in [-0.15, -0.1) is 0 Å². The van der Waals surface area contributed by atoms with Crippen molar-refractivity contribution in [1.82, 2.24) is 9.97 Å². The zero-order valence-corrected chi connectivity index (χ0v) is 11.7. The van der Waals surface area contributed by atoms with Crippen molar-refractivity contribution in [2.24, 2.45) is 5.50 Å². The standard InChI is InChI=1S/C8H13N4O2PS2/c1-2-5-17-15(9,13)14-8(16)12-7-6-10-3-4-11-7/h3-4,6H,2,5H2,1H3,(H2,9,13)(H,11,12,16). The predicted octanol–water partition coefficient (Wildman–Crippen LogP) is 2.40. The quantitative estimate of drug-likeness (QED) is 0.631. The fraction of sp³-hybridized carbons (Fsp3) is 0.375. The summed E-state index contributed by atoms with van der Waals surface area (Å²) in [6.45, 7) is -1.28. The van der Waals surface area contributed by atoms with Crippen LogP contribution in [0.2, 0.25) is 0 Å². The summed E-state index contributed by atoms with van der Waals surface area (Å²) >= 11 is 5.93. The largest absolute Gasteiger partial charge is 0.399 e. The maximum atomic E-state index is 11.7. The van der Waals surface area contributed by atoms with E-state index in [1.165, 1.54) is 18.6 Å². The minimum Gasteiger partial charge on any atom is -0.399 e. The molecule has 1 aromatic rings. The Labute approximate surface area is 109 Å². The monoisotopic (exact) mass is 292 g/mol. The molecule has 0 saturated carbocycles. The first kappa shape index (κ1) is 14.4. The van der Waals surface area contributed by atoms with Crippen LogP contribution in [-0.4, -0.2) is 20.9 Å². The highest BCUT2D eigenvalue weighted by atomic mass is 32.7. The smallest absolute Gasteiger partial charge is 0.373 e. The van der Waals surface area contributed by atoms with Crippen LogP contribution in [0.3, 0.4) is 0 Å². The summed E-state index contributed by atoms with van der Waals surface area (Å²) in [5.41, 5.74) is 5.49. The first-order chi connectivity index (χ1) is 8.03. The van der Waals surface area contributed by atoms with Crippen molar-refractivity contribution in [3.05, 3.63) is 18.6 Å². The van der Waals surface area contributed by atoms with Crippen LogP contribution in [-0.2, 0) is 9.09 Å².